The molecule has 2 fully saturated rings. The van der Waals surface area contributed by atoms with Crippen LogP contribution in [0.4, 0.5) is 5.95 Å². The van der Waals surface area contributed by atoms with Gasteiger partial charge in [-0.15, -0.1) is 0 Å². The molecule has 1 unspecified atom stereocenters. The van der Waals surface area contributed by atoms with Crippen LogP contribution in [0.3, 0.4) is 0 Å². The van der Waals surface area contributed by atoms with Crippen LogP contribution < -0.4 is 10.5 Å². The van der Waals surface area contributed by atoms with Gasteiger partial charge in [-0.25, -0.2) is 4.98 Å². The van der Waals surface area contributed by atoms with Crippen molar-refractivity contribution in [3.05, 3.63) is 16.8 Å². The number of hydrogen-bond donors (Lipinski definition) is 1. The standard InChI is InChI=1S/C17H25N8O5P/c1-5-27-14-11-13(21-16(18)22-14)25(8-20-11)15-17(4,23-24-19)12-10(29-15)6-28-31(26,30-12)7-9(2)3/h8-10,12,15H,5-7H2,1-4H3,(H2,18,21,22)/t10-,12-,15-,17-,31?/m1/s1. The van der Waals surface area contributed by atoms with Crippen LogP contribution in [0.25, 0.3) is 21.6 Å². The lowest BCUT2D eigenvalue weighted by Crippen LogP contribution is -2.46. The molecule has 0 radical (unpaired) electrons. The van der Waals surface area contributed by atoms with Crippen molar-refractivity contribution in [3.63, 3.8) is 0 Å². The Labute approximate surface area is 178 Å². The highest BCUT2D eigenvalue weighted by molar-refractivity contribution is 7.53. The molecule has 0 aromatic carbocycles. The molecule has 0 aliphatic carbocycles. The number of nitrogens with two attached hydrogens (primary N) is 1. The maximum absolute atomic E-state index is 13.1. The molecule has 4 rings (SSSR count). The van der Waals surface area contributed by atoms with Crippen molar-refractivity contribution in [3.8, 4) is 5.88 Å². The second-order valence-corrected chi connectivity index (χ2v) is 10.2. The number of nitrogens with zero attached hydrogens (tertiary/aromatic N) is 7. The summed E-state index contributed by atoms with van der Waals surface area (Å²) >= 11 is 0. The molecule has 0 saturated carbocycles. The zero-order chi connectivity index (χ0) is 22.4. The molecule has 2 aromatic heterocycles. The van der Waals surface area contributed by atoms with Crippen molar-refractivity contribution in [2.45, 2.75) is 51.7 Å². The van der Waals surface area contributed by atoms with Gasteiger partial charge in [0.2, 0.25) is 11.8 Å². The van der Waals surface area contributed by atoms with Gasteiger partial charge in [0.25, 0.3) is 0 Å². The molecule has 0 spiro atoms. The fraction of sp³-hybridized carbons (Fsp3) is 0.706. The Morgan fingerprint density at radius 3 is 2.97 bits per heavy atom. The molecule has 31 heavy (non-hydrogen) atoms. The number of nitrogen functional groups attached to an aromatic ring is 1. The molecule has 13 nitrogen and oxygen atoms in total. The van der Waals surface area contributed by atoms with Gasteiger partial charge >= 0.3 is 7.60 Å². The normalized spacial score (nSPS) is 32.7. The Morgan fingerprint density at radius 1 is 1.52 bits per heavy atom. The Bertz CT molecular complexity index is 1090. The van der Waals surface area contributed by atoms with E-state index in [0.29, 0.717) is 17.8 Å². The maximum atomic E-state index is 13.1. The third-order valence-electron chi connectivity index (χ3n) is 5.22. The monoisotopic (exact) mass is 452 g/mol. The Balaban J connectivity index is 1.78. The first-order valence-corrected chi connectivity index (χ1v) is 11.7. The Hall–Kier alpha value is -2.43. The number of hydrogen-bond acceptors (Lipinski definition) is 10. The highest BCUT2D eigenvalue weighted by Gasteiger charge is 2.60. The molecule has 2 saturated heterocycles. The average Bonchev–Trinajstić information content (AvgIpc) is 3.20. The zero-order valence-electron chi connectivity index (χ0n) is 17.7. The summed E-state index contributed by atoms with van der Waals surface area (Å²) in [6, 6.07) is 0. The van der Waals surface area contributed by atoms with Gasteiger partial charge in [0.15, 0.2) is 17.4 Å². The second kappa shape index (κ2) is 7.92. The number of azide groups is 1. The van der Waals surface area contributed by atoms with Crippen LogP contribution >= 0.6 is 7.60 Å². The summed E-state index contributed by atoms with van der Waals surface area (Å²) in [6.07, 6.45) is -0.500. The van der Waals surface area contributed by atoms with Crippen molar-refractivity contribution in [2.24, 2.45) is 11.0 Å². The first kappa shape index (κ1) is 21.8. The van der Waals surface area contributed by atoms with E-state index in [1.807, 2.05) is 20.8 Å². The third kappa shape index (κ3) is 3.72. The summed E-state index contributed by atoms with van der Waals surface area (Å²) in [5.41, 5.74) is 14.6. The maximum Gasteiger partial charge on any atom is 0.331 e. The van der Waals surface area contributed by atoms with Crippen molar-refractivity contribution in [2.75, 3.05) is 25.1 Å². The lowest BCUT2D eigenvalue weighted by atomic mass is 9.93. The molecular weight excluding hydrogens is 427 g/mol. The predicted octanol–water partition coefficient (Wildman–Crippen LogP) is 3.04. The molecule has 0 amide bonds. The van der Waals surface area contributed by atoms with E-state index in [2.05, 4.69) is 25.0 Å². The number of imidazole rings is 1. The minimum atomic E-state index is -3.37. The van der Waals surface area contributed by atoms with Crippen LogP contribution in [-0.4, -0.2) is 56.6 Å². The fourth-order valence-corrected chi connectivity index (χ4v) is 6.21. The van der Waals surface area contributed by atoms with Crippen LogP contribution in [0.2, 0.25) is 0 Å². The molecule has 2 N–H and O–H groups in total. The van der Waals surface area contributed by atoms with Crippen LogP contribution in [0, 0.1) is 5.92 Å². The highest BCUT2D eigenvalue weighted by Crippen LogP contribution is 2.59. The van der Waals surface area contributed by atoms with Gasteiger partial charge in [0.05, 0.1) is 25.7 Å². The van der Waals surface area contributed by atoms with Gasteiger partial charge in [-0.2, -0.15) is 9.97 Å². The molecule has 4 heterocycles. The molecule has 2 aromatic rings. The number of rotatable bonds is 6. The molecule has 5 atom stereocenters. The quantitative estimate of drug-likeness (QED) is 0.299. The van der Waals surface area contributed by atoms with Gasteiger partial charge in [0.1, 0.15) is 17.7 Å². The molecule has 2 aliphatic heterocycles. The van der Waals surface area contributed by atoms with Gasteiger partial charge in [-0.05, 0) is 25.3 Å². The lowest BCUT2D eigenvalue weighted by Gasteiger charge is -2.36. The van der Waals surface area contributed by atoms with Crippen molar-refractivity contribution in [1.29, 1.82) is 0 Å². The van der Waals surface area contributed by atoms with Crippen molar-refractivity contribution < 1.29 is 23.1 Å². The van der Waals surface area contributed by atoms with E-state index < -0.39 is 31.6 Å². The van der Waals surface area contributed by atoms with Crippen LogP contribution in [0.15, 0.2) is 11.4 Å². The van der Waals surface area contributed by atoms with E-state index in [9.17, 15) is 10.1 Å². The zero-order valence-corrected chi connectivity index (χ0v) is 18.6. The molecule has 2 aliphatic rings. The number of fused-ring (bicyclic) bond motifs is 2. The number of aromatic nitrogens is 4. The third-order valence-corrected chi connectivity index (χ3v) is 7.48. The topological polar surface area (TPSA) is 172 Å². The first-order valence-electron chi connectivity index (χ1n) is 9.97. The van der Waals surface area contributed by atoms with E-state index in [1.54, 1.807) is 11.5 Å². The van der Waals surface area contributed by atoms with Crippen molar-refractivity contribution in [1.82, 2.24) is 19.5 Å². The molecule has 14 heteroatoms. The largest absolute Gasteiger partial charge is 0.476 e. The van der Waals surface area contributed by atoms with Gasteiger partial charge in [0, 0.05) is 4.91 Å². The highest BCUT2D eigenvalue weighted by atomic mass is 31.2. The minimum absolute atomic E-state index is 0.000353. The Kier molecular flexibility index (Phi) is 5.57. The number of ether oxygens (including phenoxy) is 2. The number of anilines is 1. The first-order chi connectivity index (χ1) is 14.7. The Morgan fingerprint density at radius 2 is 2.29 bits per heavy atom. The SMILES string of the molecule is CCOc1nc(N)nc2c1ncn2[C@@H]1O[C@@H]2COP(=O)(CC(C)C)O[C@H]2[C@@]1(C)N=[N+]=[N-]. The fourth-order valence-electron chi connectivity index (χ4n) is 3.99. The van der Waals surface area contributed by atoms with Gasteiger partial charge < -0.3 is 24.3 Å². The van der Waals surface area contributed by atoms with E-state index in [4.69, 9.17) is 24.3 Å². The summed E-state index contributed by atoms with van der Waals surface area (Å²) in [7, 11) is -3.37. The molecule has 168 valence electrons. The lowest BCUT2D eigenvalue weighted by molar-refractivity contribution is -0.0574. The van der Waals surface area contributed by atoms with E-state index in [1.165, 1.54) is 6.33 Å². The van der Waals surface area contributed by atoms with Gasteiger partial charge in [-0.1, -0.05) is 19.0 Å². The average molecular weight is 452 g/mol. The van der Waals surface area contributed by atoms with E-state index in [0.717, 1.165) is 0 Å². The van der Waals surface area contributed by atoms with E-state index in [-0.39, 0.29) is 30.5 Å². The summed E-state index contributed by atoms with van der Waals surface area (Å²) < 4.78 is 37.9. The summed E-state index contributed by atoms with van der Waals surface area (Å²) in [4.78, 5) is 15.7. The van der Waals surface area contributed by atoms with Gasteiger partial charge in [-0.3, -0.25) is 9.13 Å². The molecular formula is C17H25N8O5P. The predicted molar refractivity (Wildman–Crippen MR) is 111 cm³/mol. The summed E-state index contributed by atoms with van der Waals surface area (Å²) in [6.45, 7) is 7.78. The van der Waals surface area contributed by atoms with E-state index >= 15 is 0 Å². The van der Waals surface area contributed by atoms with Crippen molar-refractivity contribution >= 4 is 24.7 Å². The van der Waals surface area contributed by atoms with Crippen LogP contribution in [0.1, 0.15) is 33.9 Å². The second-order valence-electron chi connectivity index (χ2n) is 8.10. The molecule has 0 bridgehead atoms. The minimum Gasteiger partial charge on any atom is -0.476 e. The van der Waals surface area contributed by atoms with Crippen LogP contribution in [-0.2, 0) is 18.3 Å². The van der Waals surface area contributed by atoms with Crippen LogP contribution in [0.5, 0.6) is 5.88 Å². The summed E-state index contributed by atoms with van der Waals surface area (Å²) in [5, 5.41) is 4.01. The smallest absolute Gasteiger partial charge is 0.331 e. The summed E-state index contributed by atoms with van der Waals surface area (Å²) in [5.74, 6) is 0.339.